The van der Waals surface area contributed by atoms with E-state index in [1.807, 2.05) is 12.1 Å². The molecule has 1 aliphatic heterocycles. The third-order valence-corrected chi connectivity index (χ3v) is 6.51. The van der Waals surface area contributed by atoms with Gasteiger partial charge in [-0.05, 0) is 61.1 Å². The van der Waals surface area contributed by atoms with Crippen molar-refractivity contribution in [1.82, 2.24) is 9.88 Å². The summed E-state index contributed by atoms with van der Waals surface area (Å²) in [5.74, 6) is 1.79. The Bertz CT molecular complexity index is 892. The second kappa shape index (κ2) is 6.79. The molecule has 3 heterocycles. The van der Waals surface area contributed by atoms with Crippen molar-refractivity contribution >= 4 is 22.5 Å². The summed E-state index contributed by atoms with van der Waals surface area (Å²) >= 11 is 6.29. The summed E-state index contributed by atoms with van der Waals surface area (Å²) in [5.41, 5.74) is 4.13. The first-order valence-electron chi connectivity index (χ1n) is 9.86. The molecule has 0 bridgehead atoms. The molecule has 2 aromatic heterocycles. The molecular weight excluding hydrogens is 344 g/mol. The lowest BCUT2D eigenvalue weighted by Crippen LogP contribution is -2.39. The van der Waals surface area contributed by atoms with E-state index in [0.717, 1.165) is 36.2 Å². The number of H-pyrrole nitrogens is 1. The number of nitrogens with one attached hydrogen (secondary N) is 1. The Hall–Kier alpha value is -1.71. The van der Waals surface area contributed by atoms with Gasteiger partial charge in [0.25, 0.3) is 0 Å². The molecule has 5 rings (SSSR count). The molecule has 0 radical (unpaired) electrons. The van der Waals surface area contributed by atoms with Crippen LogP contribution in [-0.4, -0.2) is 16.4 Å². The molecule has 1 aromatic carbocycles. The molecule has 1 fully saturated rings. The fraction of sp³-hybridized carbons (Fsp3) is 0.455. The Morgan fingerprint density at radius 2 is 2.04 bits per heavy atom. The van der Waals surface area contributed by atoms with Crippen LogP contribution in [0.25, 0.3) is 10.9 Å². The summed E-state index contributed by atoms with van der Waals surface area (Å²) < 4.78 is 5.67. The molecule has 1 atom stereocenters. The summed E-state index contributed by atoms with van der Waals surface area (Å²) in [6.45, 7) is 1.97. The average Bonchev–Trinajstić information content (AvgIpc) is 3.29. The molecule has 0 saturated heterocycles. The second-order valence-electron chi connectivity index (χ2n) is 7.85. The molecular formula is C22H25ClN2O. The summed E-state index contributed by atoms with van der Waals surface area (Å²) in [6.07, 6.45) is 9.61. The monoisotopic (exact) mass is 368 g/mol. The lowest BCUT2D eigenvalue weighted by atomic mass is 9.79. The van der Waals surface area contributed by atoms with Crippen LogP contribution in [0, 0.1) is 5.92 Å². The smallest absolute Gasteiger partial charge is 0.117 e. The quantitative estimate of drug-likeness (QED) is 0.606. The van der Waals surface area contributed by atoms with E-state index in [2.05, 4.69) is 28.1 Å². The van der Waals surface area contributed by atoms with Crippen molar-refractivity contribution in [2.75, 3.05) is 6.54 Å². The number of fused-ring (bicyclic) bond motifs is 3. The standard InChI is InChI=1S/C22H25ClN2O/c23-16-8-9-20-19(13-16)18-10-11-25(14-17-7-4-12-26-17)22(21(18)24-20)15-5-2-1-3-6-15/h4,7-9,12-13,15,22,24H,1-3,5-6,10-11,14H2. The van der Waals surface area contributed by atoms with Gasteiger partial charge in [0.1, 0.15) is 5.76 Å². The molecule has 1 aliphatic carbocycles. The Morgan fingerprint density at radius 3 is 2.85 bits per heavy atom. The molecule has 3 nitrogen and oxygen atoms in total. The van der Waals surface area contributed by atoms with Gasteiger partial charge in [0.05, 0.1) is 18.8 Å². The topological polar surface area (TPSA) is 32.2 Å². The highest BCUT2D eigenvalue weighted by atomic mass is 35.5. The fourth-order valence-corrected chi connectivity index (χ4v) is 5.28. The third kappa shape index (κ3) is 2.87. The number of hydrogen-bond donors (Lipinski definition) is 1. The minimum atomic E-state index is 0.454. The van der Waals surface area contributed by atoms with Crippen LogP contribution in [0.2, 0.25) is 5.02 Å². The Balaban J connectivity index is 1.57. The molecule has 3 aromatic rings. The van der Waals surface area contributed by atoms with Crippen molar-refractivity contribution in [3.63, 3.8) is 0 Å². The van der Waals surface area contributed by atoms with Crippen LogP contribution in [0.15, 0.2) is 41.0 Å². The molecule has 2 aliphatic rings. The highest BCUT2D eigenvalue weighted by Gasteiger charge is 2.36. The van der Waals surface area contributed by atoms with Gasteiger partial charge in [-0.1, -0.05) is 30.9 Å². The molecule has 1 saturated carbocycles. The normalized spacial score (nSPS) is 22.0. The highest BCUT2D eigenvalue weighted by Crippen LogP contribution is 2.44. The van der Waals surface area contributed by atoms with Crippen LogP contribution in [-0.2, 0) is 13.0 Å². The van der Waals surface area contributed by atoms with Gasteiger partial charge in [-0.2, -0.15) is 0 Å². The first-order chi connectivity index (χ1) is 12.8. The van der Waals surface area contributed by atoms with Gasteiger partial charge >= 0.3 is 0 Å². The number of nitrogens with zero attached hydrogens (tertiary/aromatic N) is 1. The number of aromatic nitrogens is 1. The van der Waals surface area contributed by atoms with Crippen molar-refractivity contribution in [3.05, 3.63) is 58.6 Å². The average molecular weight is 369 g/mol. The van der Waals surface area contributed by atoms with E-state index >= 15 is 0 Å². The molecule has 4 heteroatoms. The van der Waals surface area contributed by atoms with Gasteiger partial charge in [-0.15, -0.1) is 0 Å². The second-order valence-corrected chi connectivity index (χ2v) is 8.29. The zero-order valence-corrected chi connectivity index (χ0v) is 15.8. The van der Waals surface area contributed by atoms with Gasteiger partial charge in [-0.25, -0.2) is 0 Å². The van der Waals surface area contributed by atoms with Crippen LogP contribution in [0.1, 0.15) is 55.2 Å². The minimum Gasteiger partial charge on any atom is -0.468 e. The van der Waals surface area contributed by atoms with Gasteiger partial charge < -0.3 is 9.40 Å². The van der Waals surface area contributed by atoms with Crippen LogP contribution < -0.4 is 0 Å². The fourth-order valence-electron chi connectivity index (χ4n) is 5.10. The van der Waals surface area contributed by atoms with Crippen molar-refractivity contribution < 1.29 is 4.42 Å². The van der Waals surface area contributed by atoms with E-state index in [-0.39, 0.29) is 0 Å². The van der Waals surface area contributed by atoms with E-state index in [0.29, 0.717) is 6.04 Å². The van der Waals surface area contributed by atoms with Crippen LogP contribution >= 0.6 is 11.6 Å². The maximum atomic E-state index is 6.29. The summed E-state index contributed by atoms with van der Waals surface area (Å²) in [6, 6.07) is 10.8. The third-order valence-electron chi connectivity index (χ3n) is 6.27. The van der Waals surface area contributed by atoms with Crippen molar-refractivity contribution in [2.45, 2.75) is 51.1 Å². The van der Waals surface area contributed by atoms with E-state index in [9.17, 15) is 0 Å². The SMILES string of the molecule is Clc1ccc2[nH]c3c(c2c1)CCN(Cc1ccco1)C3C1CCCCC1. The molecule has 26 heavy (non-hydrogen) atoms. The van der Waals surface area contributed by atoms with E-state index in [1.54, 1.807) is 6.26 Å². The van der Waals surface area contributed by atoms with Gasteiger partial charge in [-0.3, -0.25) is 4.90 Å². The minimum absolute atomic E-state index is 0.454. The Morgan fingerprint density at radius 1 is 1.15 bits per heavy atom. The number of furan rings is 1. The predicted octanol–water partition coefficient (Wildman–Crippen LogP) is 6.09. The van der Waals surface area contributed by atoms with Crippen molar-refractivity contribution in [2.24, 2.45) is 5.92 Å². The highest BCUT2D eigenvalue weighted by molar-refractivity contribution is 6.31. The molecule has 1 unspecified atom stereocenters. The Kier molecular flexibility index (Phi) is 4.30. The van der Waals surface area contributed by atoms with E-state index < -0.39 is 0 Å². The maximum absolute atomic E-state index is 6.29. The Labute approximate surface area is 159 Å². The van der Waals surface area contributed by atoms with Crippen molar-refractivity contribution in [1.29, 1.82) is 0 Å². The number of halogens is 1. The summed E-state index contributed by atoms with van der Waals surface area (Å²) in [4.78, 5) is 6.40. The van der Waals surface area contributed by atoms with Crippen LogP contribution in [0.3, 0.4) is 0 Å². The lowest BCUT2D eigenvalue weighted by molar-refractivity contribution is 0.0906. The van der Waals surface area contributed by atoms with Crippen LogP contribution in [0.4, 0.5) is 0 Å². The van der Waals surface area contributed by atoms with Crippen molar-refractivity contribution in [3.8, 4) is 0 Å². The zero-order chi connectivity index (χ0) is 17.5. The largest absolute Gasteiger partial charge is 0.468 e. The number of aromatic amines is 1. The molecule has 1 N–H and O–H groups in total. The van der Waals surface area contributed by atoms with Gasteiger partial charge in [0.2, 0.25) is 0 Å². The lowest BCUT2D eigenvalue weighted by Gasteiger charge is -2.41. The molecule has 0 spiro atoms. The maximum Gasteiger partial charge on any atom is 0.117 e. The number of benzene rings is 1. The van der Waals surface area contributed by atoms with Crippen LogP contribution in [0.5, 0.6) is 0 Å². The number of rotatable bonds is 3. The first-order valence-corrected chi connectivity index (χ1v) is 10.2. The predicted molar refractivity (Wildman–Crippen MR) is 105 cm³/mol. The summed E-state index contributed by atoms with van der Waals surface area (Å²) in [5, 5.41) is 2.14. The van der Waals surface area contributed by atoms with E-state index in [1.165, 1.54) is 54.3 Å². The molecule has 136 valence electrons. The first kappa shape index (κ1) is 16.5. The van der Waals surface area contributed by atoms with Gasteiger partial charge in [0.15, 0.2) is 0 Å². The molecule has 0 amide bonds. The van der Waals surface area contributed by atoms with Gasteiger partial charge in [0, 0.05) is 28.2 Å². The van der Waals surface area contributed by atoms with E-state index in [4.69, 9.17) is 16.0 Å². The zero-order valence-electron chi connectivity index (χ0n) is 15.0. The number of hydrogen-bond acceptors (Lipinski definition) is 2. The summed E-state index contributed by atoms with van der Waals surface area (Å²) in [7, 11) is 0.